The number of nitrogens with one attached hydrogen (secondary N) is 2. The molecule has 2 aromatic carbocycles. The summed E-state index contributed by atoms with van der Waals surface area (Å²) in [5, 5.41) is 5.62. The number of nitrogens with zero attached hydrogens (tertiary/aromatic N) is 1. The highest BCUT2D eigenvalue weighted by Gasteiger charge is 2.30. The van der Waals surface area contributed by atoms with Gasteiger partial charge in [-0.2, -0.15) is 4.31 Å². The Bertz CT molecular complexity index is 1130. The topological polar surface area (TPSA) is 95.6 Å². The first-order chi connectivity index (χ1) is 15.5. The van der Waals surface area contributed by atoms with Gasteiger partial charge in [0, 0.05) is 35.9 Å². The van der Waals surface area contributed by atoms with E-state index in [2.05, 4.69) is 17.6 Å². The molecule has 1 aliphatic rings. The number of aryl methyl sites for hydroxylation is 1. The van der Waals surface area contributed by atoms with Gasteiger partial charge in [-0.25, -0.2) is 8.42 Å². The number of rotatable bonds is 6. The van der Waals surface area contributed by atoms with Crippen molar-refractivity contribution in [1.82, 2.24) is 9.62 Å². The number of carbonyl (C=O) groups is 2. The summed E-state index contributed by atoms with van der Waals surface area (Å²) in [7, 11) is -3.68. The Balaban J connectivity index is 1.82. The number of hydrogen-bond donors (Lipinski definition) is 2. The van der Waals surface area contributed by atoms with E-state index in [9.17, 15) is 18.0 Å². The number of piperidine rings is 1. The second kappa shape index (κ2) is 10.1. The molecule has 0 aromatic heterocycles. The molecule has 33 heavy (non-hydrogen) atoms. The van der Waals surface area contributed by atoms with Gasteiger partial charge < -0.3 is 10.6 Å². The molecule has 8 heteroatoms. The molecule has 1 heterocycles. The summed E-state index contributed by atoms with van der Waals surface area (Å²) in [5.41, 5.74) is 2.70. The number of hydrogen-bond acceptors (Lipinski definition) is 4. The van der Waals surface area contributed by atoms with E-state index in [-0.39, 0.29) is 22.4 Å². The molecule has 3 rings (SSSR count). The van der Waals surface area contributed by atoms with Gasteiger partial charge in [-0.05, 0) is 94.0 Å². The van der Waals surface area contributed by atoms with Crippen molar-refractivity contribution in [3.63, 3.8) is 0 Å². The number of anilines is 1. The van der Waals surface area contributed by atoms with Crippen LogP contribution in [0.25, 0.3) is 0 Å². The molecule has 2 N–H and O–H groups in total. The van der Waals surface area contributed by atoms with Crippen LogP contribution < -0.4 is 10.6 Å². The van der Waals surface area contributed by atoms with Gasteiger partial charge in [0.2, 0.25) is 10.0 Å². The molecule has 1 fully saturated rings. The number of carbonyl (C=O) groups excluding carboxylic acids is 2. The molecule has 0 aliphatic carbocycles. The van der Waals surface area contributed by atoms with Crippen LogP contribution in [-0.4, -0.2) is 43.7 Å². The summed E-state index contributed by atoms with van der Waals surface area (Å²) in [5.74, 6) is -0.0700. The Morgan fingerprint density at radius 3 is 2.15 bits per heavy atom. The van der Waals surface area contributed by atoms with Crippen molar-refractivity contribution in [2.75, 3.05) is 18.4 Å². The van der Waals surface area contributed by atoms with Gasteiger partial charge in [-0.15, -0.1) is 0 Å². The lowest BCUT2D eigenvalue weighted by Gasteiger charge is -2.30. The number of sulfonamides is 1. The van der Waals surface area contributed by atoms with Gasteiger partial charge in [0.05, 0.1) is 4.90 Å². The van der Waals surface area contributed by atoms with Crippen molar-refractivity contribution >= 4 is 27.5 Å². The molecule has 1 aliphatic heterocycles. The van der Waals surface area contributed by atoms with E-state index in [1.165, 1.54) is 10.4 Å². The zero-order valence-electron chi connectivity index (χ0n) is 19.9. The summed E-state index contributed by atoms with van der Waals surface area (Å²) in [6, 6.07) is 9.78. The molecule has 0 spiro atoms. The van der Waals surface area contributed by atoms with Crippen LogP contribution in [0.15, 0.2) is 41.3 Å². The van der Waals surface area contributed by atoms with Crippen LogP contribution in [0.5, 0.6) is 0 Å². The zero-order valence-corrected chi connectivity index (χ0v) is 20.8. The van der Waals surface area contributed by atoms with Crippen molar-refractivity contribution in [3.05, 3.63) is 58.7 Å². The van der Waals surface area contributed by atoms with Gasteiger partial charge in [-0.3, -0.25) is 9.59 Å². The lowest BCUT2D eigenvalue weighted by atomic mass is 10.0. The normalized spacial score (nSPS) is 15.5. The Labute approximate surface area is 196 Å². The summed E-state index contributed by atoms with van der Waals surface area (Å²) >= 11 is 0. The molecular formula is C25H33N3O4S. The lowest BCUT2D eigenvalue weighted by Crippen LogP contribution is -2.38. The predicted octanol–water partition coefficient (Wildman–Crippen LogP) is 4.11. The third-order valence-corrected chi connectivity index (χ3v) is 8.09. The first-order valence-corrected chi connectivity index (χ1v) is 12.8. The van der Waals surface area contributed by atoms with Crippen molar-refractivity contribution < 1.29 is 18.0 Å². The van der Waals surface area contributed by atoms with Crippen LogP contribution in [0.2, 0.25) is 0 Å². The second-order valence-corrected chi connectivity index (χ2v) is 11.1. The summed E-state index contributed by atoms with van der Waals surface area (Å²) in [6.07, 6.45) is 1.67. The van der Waals surface area contributed by atoms with Crippen LogP contribution in [0.4, 0.5) is 5.69 Å². The molecule has 1 saturated heterocycles. The van der Waals surface area contributed by atoms with E-state index in [1.807, 2.05) is 20.8 Å². The van der Waals surface area contributed by atoms with E-state index in [0.29, 0.717) is 35.8 Å². The number of amides is 2. The predicted molar refractivity (Wildman–Crippen MR) is 130 cm³/mol. The minimum atomic E-state index is -3.68. The van der Waals surface area contributed by atoms with Crippen LogP contribution in [0, 0.1) is 19.8 Å². The summed E-state index contributed by atoms with van der Waals surface area (Å²) < 4.78 is 28.2. The Kier molecular flexibility index (Phi) is 7.59. The maximum absolute atomic E-state index is 13.3. The van der Waals surface area contributed by atoms with E-state index < -0.39 is 15.9 Å². The molecule has 7 nitrogen and oxygen atoms in total. The highest BCUT2D eigenvalue weighted by atomic mass is 32.2. The van der Waals surface area contributed by atoms with Crippen molar-refractivity contribution in [3.8, 4) is 0 Å². The molecule has 0 saturated carbocycles. The van der Waals surface area contributed by atoms with E-state index in [1.54, 1.807) is 37.3 Å². The average Bonchev–Trinajstić information content (AvgIpc) is 2.75. The lowest BCUT2D eigenvalue weighted by molar-refractivity contribution is 0.0942. The Morgan fingerprint density at radius 2 is 1.58 bits per heavy atom. The zero-order chi connectivity index (χ0) is 24.3. The fraction of sp³-hybridized carbons (Fsp3) is 0.440. The van der Waals surface area contributed by atoms with Crippen LogP contribution in [0.1, 0.15) is 65.5 Å². The average molecular weight is 472 g/mol. The number of benzene rings is 2. The third kappa shape index (κ3) is 5.81. The molecular weight excluding hydrogens is 438 g/mol. The molecule has 0 bridgehead atoms. The molecule has 0 radical (unpaired) electrons. The minimum Gasteiger partial charge on any atom is -0.350 e. The molecule has 2 amide bonds. The van der Waals surface area contributed by atoms with Gasteiger partial charge in [0.1, 0.15) is 0 Å². The van der Waals surface area contributed by atoms with Gasteiger partial charge in [-0.1, -0.05) is 6.92 Å². The molecule has 0 atom stereocenters. The molecule has 178 valence electrons. The highest BCUT2D eigenvalue weighted by molar-refractivity contribution is 7.89. The van der Waals surface area contributed by atoms with Crippen molar-refractivity contribution in [2.24, 2.45) is 5.92 Å². The second-order valence-electron chi connectivity index (χ2n) is 9.16. The third-order valence-electron chi connectivity index (χ3n) is 6.07. The smallest absolute Gasteiger partial charge is 0.255 e. The standard InChI is InChI=1S/C25H33N3O4S/c1-16(2)26-24(29)20-6-8-22(9-7-20)27-25(30)21-14-18(4)19(5)23(15-21)33(31,32)28-12-10-17(3)11-13-28/h6-9,14-17H,10-13H2,1-5H3,(H,26,29)(H,27,30). The summed E-state index contributed by atoms with van der Waals surface area (Å²) in [6.45, 7) is 10.5. The maximum atomic E-state index is 13.3. The molecule has 0 unspecified atom stereocenters. The van der Waals surface area contributed by atoms with Gasteiger partial charge in [0.15, 0.2) is 0 Å². The van der Waals surface area contributed by atoms with Crippen LogP contribution >= 0.6 is 0 Å². The van der Waals surface area contributed by atoms with Gasteiger partial charge in [0.25, 0.3) is 11.8 Å². The Hall–Kier alpha value is -2.71. The fourth-order valence-corrected chi connectivity index (χ4v) is 5.64. The van der Waals surface area contributed by atoms with E-state index in [0.717, 1.165) is 18.4 Å². The van der Waals surface area contributed by atoms with E-state index >= 15 is 0 Å². The molecule has 2 aromatic rings. The first kappa shape index (κ1) is 24.9. The summed E-state index contributed by atoms with van der Waals surface area (Å²) in [4.78, 5) is 25.2. The van der Waals surface area contributed by atoms with Crippen LogP contribution in [-0.2, 0) is 10.0 Å². The largest absolute Gasteiger partial charge is 0.350 e. The van der Waals surface area contributed by atoms with Crippen molar-refractivity contribution in [2.45, 2.75) is 58.4 Å². The minimum absolute atomic E-state index is 0.0282. The van der Waals surface area contributed by atoms with Gasteiger partial charge >= 0.3 is 0 Å². The Morgan fingerprint density at radius 1 is 0.970 bits per heavy atom. The quantitative estimate of drug-likeness (QED) is 0.663. The highest BCUT2D eigenvalue weighted by Crippen LogP contribution is 2.28. The SMILES string of the molecule is Cc1cc(C(=O)Nc2ccc(C(=O)NC(C)C)cc2)cc(S(=O)(=O)N2CCC(C)CC2)c1C. The van der Waals surface area contributed by atoms with Crippen LogP contribution in [0.3, 0.4) is 0 Å². The monoisotopic (exact) mass is 471 g/mol. The first-order valence-electron chi connectivity index (χ1n) is 11.3. The maximum Gasteiger partial charge on any atom is 0.255 e. The fourth-order valence-electron chi connectivity index (χ4n) is 3.84. The van der Waals surface area contributed by atoms with Crippen molar-refractivity contribution in [1.29, 1.82) is 0 Å². The van der Waals surface area contributed by atoms with E-state index in [4.69, 9.17) is 0 Å².